The lowest BCUT2D eigenvalue weighted by molar-refractivity contribution is 0.147. The van der Waals surface area contributed by atoms with E-state index >= 15 is 0 Å². The molecule has 6 heteroatoms. The molecule has 0 aromatic heterocycles. The van der Waals surface area contributed by atoms with E-state index in [9.17, 15) is 4.79 Å². The predicted molar refractivity (Wildman–Crippen MR) is 90.1 cm³/mol. The number of benzene rings is 1. The van der Waals surface area contributed by atoms with E-state index < -0.39 is 0 Å². The molecule has 1 aliphatic heterocycles. The third-order valence-electron chi connectivity index (χ3n) is 4.45. The highest BCUT2D eigenvalue weighted by atomic mass is 16.5. The van der Waals surface area contributed by atoms with E-state index in [1.807, 2.05) is 30.1 Å². The lowest BCUT2D eigenvalue weighted by Gasteiger charge is -2.35. The number of nitrogens with one attached hydrogen (secondary N) is 1. The average Bonchev–Trinajstić information content (AvgIpc) is 2.59. The summed E-state index contributed by atoms with van der Waals surface area (Å²) in [5, 5.41) is 2.97. The number of amides is 2. The largest absolute Gasteiger partial charge is 0.493 e. The smallest absolute Gasteiger partial charge is 0.317 e. The quantitative estimate of drug-likeness (QED) is 0.900. The van der Waals surface area contributed by atoms with E-state index in [4.69, 9.17) is 9.47 Å². The second-order valence-electron chi connectivity index (χ2n) is 5.99. The van der Waals surface area contributed by atoms with Crippen molar-refractivity contribution in [2.75, 3.05) is 41.4 Å². The Morgan fingerprint density at radius 2 is 1.91 bits per heavy atom. The van der Waals surface area contributed by atoms with Crippen molar-refractivity contribution >= 4 is 6.03 Å². The highest BCUT2D eigenvalue weighted by molar-refractivity contribution is 5.74. The average molecular weight is 321 g/mol. The van der Waals surface area contributed by atoms with Crippen LogP contribution in [0.2, 0.25) is 0 Å². The summed E-state index contributed by atoms with van der Waals surface area (Å²) >= 11 is 0. The van der Waals surface area contributed by atoms with Crippen LogP contribution in [0.3, 0.4) is 0 Å². The molecule has 1 N–H and O–H groups in total. The molecule has 2 rings (SSSR count). The van der Waals surface area contributed by atoms with Gasteiger partial charge in [0.25, 0.3) is 0 Å². The van der Waals surface area contributed by atoms with Gasteiger partial charge in [0.1, 0.15) is 0 Å². The highest BCUT2D eigenvalue weighted by Crippen LogP contribution is 2.27. The Labute approximate surface area is 138 Å². The minimum Gasteiger partial charge on any atom is -0.493 e. The summed E-state index contributed by atoms with van der Waals surface area (Å²) in [6.45, 7) is 2.55. The van der Waals surface area contributed by atoms with Gasteiger partial charge >= 0.3 is 6.03 Å². The molecule has 1 saturated heterocycles. The van der Waals surface area contributed by atoms with Crippen molar-refractivity contribution in [1.82, 2.24) is 15.1 Å². The molecule has 0 aliphatic carbocycles. The van der Waals surface area contributed by atoms with Crippen LogP contribution in [0.4, 0.5) is 4.79 Å². The molecule has 0 radical (unpaired) electrons. The number of urea groups is 1. The molecule has 1 aromatic carbocycles. The fourth-order valence-electron chi connectivity index (χ4n) is 2.84. The second kappa shape index (κ2) is 8.06. The van der Waals surface area contributed by atoms with Gasteiger partial charge in [0.15, 0.2) is 11.5 Å². The van der Waals surface area contributed by atoms with Gasteiger partial charge in [-0.25, -0.2) is 4.79 Å². The zero-order valence-corrected chi connectivity index (χ0v) is 14.5. The van der Waals surface area contributed by atoms with Crippen molar-refractivity contribution in [3.05, 3.63) is 23.8 Å². The van der Waals surface area contributed by atoms with Gasteiger partial charge in [-0.3, -0.25) is 0 Å². The summed E-state index contributed by atoms with van der Waals surface area (Å²) in [6, 6.07) is 5.94. The Bertz CT molecular complexity index is 528. The van der Waals surface area contributed by atoms with Crippen LogP contribution in [-0.2, 0) is 6.54 Å². The van der Waals surface area contributed by atoms with Crippen molar-refractivity contribution < 1.29 is 14.3 Å². The Balaban J connectivity index is 1.88. The third-order valence-corrected chi connectivity index (χ3v) is 4.45. The normalized spacial score (nSPS) is 16.0. The van der Waals surface area contributed by atoms with Crippen molar-refractivity contribution in [3.63, 3.8) is 0 Å². The number of ether oxygens (including phenoxy) is 2. The summed E-state index contributed by atoms with van der Waals surface area (Å²) in [7, 11) is 7.21. The maximum Gasteiger partial charge on any atom is 0.317 e. The number of carbonyl (C=O) groups is 1. The first kappa shape index (κ1) is 17.4. The first-order valence-electron chi connectivity index (χ1n) is 7.95. The molecular formula is C17H27N3O3. The molecule has 0 bridgehead atoms. The Morgan fingerprint density at radius 3 is 2.52 bits per heavy atom. The monoisotopic (exact) mass is 321 g/mol. The topological polar surface area (TPSA) is 54.0 Å². The number of piperidine rings is 1. The van der Waals surface area contributed by atoms with Gasteiger partial charge in [-0.05, 0) is 50.7 Å². The fourth-order valence-corrected chi connectivity index (χ4v) is 2.84. The summed E-state index contributed by atoms with van der Waals surface area (Å²) in [5.41, 5.74) is 0.979. The molecule has 1 heterocycles. The van der Waals surface area contributed by atoms with Crippen molar-refractivity contribution in [2.45, 2.75) is 25.4 Å². The molecule has 23 heavy (non-hydrogen) atoms. The number of hydrogen-bond acceptors (Lipinski definition) is 4. The Hall–Kier alpha value is -1.95. The first-order valence-corrected chi connectivity index (χ1v) is 7.95. The van der Waals surface area contributed by atoms with E-state index in [1.165, 1.54) is 0 Å². The maximum atomic E-state index is 12.3. The highest BCUT2D eigenvalue weighted by Gasteiger charge is 2.23. The minimum atomic E-state index is -0.0330. The van der Waals surface area contributed by atoms with E-state index in [-0.39, 0.29) is 6.03 Å². The Kier molecular flexibility index (Phi) is 6.10. The molecule has 0 saturated carbocycles. The van der Waals surface area contributed by atoms with Crippen molar-refractivity contribution in [3.8, 4) is 11.5 Å². The molecule has 0 atom stereocenters. The van der Waals surface area contributed by atoms with Crippen LogP contribution in [-0.4, -0.2) is 63.3 Å². The summed E-state index contributed by atoms with van der Waals surface area (Å²) in [5.74, 6) is 1.36. The Morgan fingerprint density at radius 1 is 1.26 bits per heavy atom. The van der Waals surface area contributed by atoms with Crippen LogP contribution in [0, 0.1) is 0 Å². The molecule has 1 aromatic rings. The molecule has 1 fully saturated rings. The number of carbonyl (C=O) groups excluding carboxylic acids is 1. The SMILES string of the molecule is COc1ccc(CNC(=O)N(C)C2CCN(C)CC2)cc1OC. The van der Waals surface area contributed by atoms with Crippen molar-refractivity contribution in [1.29, 1.82) is 0 Å². The van der Waals surface area contributed by atoms with E-state index in [0.717, 1.165) is 31.5 Å². The van der Waals surface area contributed by atoms with Gasteiger partial charge in [0.05, 0.1) is 14.2 Å². The molecule has 6 nitrogen and oxygen atoms in total. The van der Waals surface area contributed by atoms with Gasteiger partial charge in [-0.2, -0.15) is 0 Å². The molecule has 128 valence electrons. The number of nitrogens with zero attached hydrogens (tertiary/aromatic N) is 2. The number of rotatable bonds is 5. The van der Waals surface area contributed by atoms with E-state index in [2.05, 4.69) is 17.3 Å². The maximum absolute atomic E-state index is 12.3. The fraction of sp³-hybridized carbons (Fsp3) is 0.588. The predicted octanol–water partition coefficient (Wildman–Crippen LogP) is 1.94. The standard InChI is InChI=1S/C17H27N3O3/c1-19-9-7-14(8-10-19)20(2)17(21)18-12-13-5-6-15(22-3)16(11-13)23-4/h5-6,11,14H,7-10,12H2,1-4H3,(H,18,21). The second-order valence-corrected chi connectivity index (χ2v) is 5.99. The van der Waals surface area contributed by atoms with Gasteiger partial charge in [-0.15, -0.1) is 0 Å². The van der Waals surface area contributed by atoms with Gasteiger partial charge < -0.3 is 24.6 Å². The molecule has 0 spiro atoms. The van der Waals surface area contributed by atoms with Crippen LogP contribution >= 0.6 is 0 Å². The van der Waals surface area contributed by atoms with Crippen LogP contribution < -0.4 is 14.8 Å². The van der Waals surface area contributed by atoms with E-state index in [0.29, 0.717) is 24.1 Å². The van der Waals surface area contributed by atoms with Gasteiger partial charge in [0, 0.05) is 19.6 Å². The summed E-state index contributed by atoms with van der Waals surface area (Å²) in [4.78, 5) is 16.4. The molecule has 0 unspecified atom stereocenters. The first-order chi connectivity index (χ1) is 11.0. The molecule has 1 aliphatic rings. The summed E-state index contributed by atoms with van der Waals surface area (Å²) < 4.78 is 10.5. The van der Waals surface area contributed by atoms with Crippen LogP contribution in [0.5, 0.6) is 11.5 Å². The van der Waals surface area contributed by atoms with Crippen LogP contribution in [0.1, 0.15) is 18.4 Å². The third kappa shape index (κ3) is 4.51. The van der Waals surface area contributed by atoms with Crippen LogP contribution in [0.15, 0.2) is 18.2 Å². The molecule has 2 amide bonds. The number of likely N-dealkylation sites (tertiary alicyclic amines) is 1. The van der Waals surface area contributed by atoms with Crippen LogP contribution in [0.25, 0.3) is 0 Å². The van der Waals surface area contributed by atoms with Gasteiger partial charge in [-0.1, -0.05) is 6.07 Å². The van der Waals surface area contributed by atoms with Crippen molar-refractivity contribution in [2.24, 2.45) is 0 Å². The molecular weight excluding hydrogens is 294 g/mol. The lowest BCUT2D eigenvalue weighted by atomic mass is 10.0. The number of methoxy groups -OCH3 is 2. The number of hydrogen-bond donors (Lipinski definition) is 1. The lowest BCUT2D eigenvalue weighted by Crippen LogP contribution is -2.47. The van der Waals surface area contributed by atoms with Gasteiger partial charge in [0.2, 0.25) is 0 Å². The zero-order chi connectivity index (χ0) is 16.8. The summed E-state index contributed by atoms with van der Waals surface area (Å²) in [6.07, 6.45) is 2.05. The zero-order valence-electron chi connectivity index (χ0n) is 14.5. The minimum absolute atomic E-state index is 0.0330. The van der Waals surface area contributed by atoms with E-state index in [1.54, 1.807) is 14.2 Å².